The first kappa shape index (κ1) is 10.5. The first-order valence-corrected chi connectivity index (χ1v) is 5.33. The Hall–Kier alpha value is -0.560. The minimum Gasteiger partial charge on any atom is -0.300 e. The van der Waals surface area contributed by atoms with Crippen molar-refractivity contribution in [2.45, 2.75) is 32.6 Å². The Morgan fingerprint density at radius 2 is 1.85 bits per heavy atom. The van der Waals surface area contributed by atoms with Crippen LogP contribution in [-0.4, -0.2) is 24.5 Å². The second-order valence-electron chi connectivity index (χ2n) is 3.96. The van der Waals surface area contributed by atoms with Gasteiger partial charge >= 0.3 is 0 Å². The lowest BCUT2D eigenvalue weighted by atomic mass is 10.2. The minimum atomic E-state index is 1.10. The lowest BCUT2D eigenvalue weighted by molar-refractivity contribution is 0.316. The molecule has 0 aromatic heterocycles. The molecule has 0 aliphatic carbocycles. The zero-order valence-corrected chi connectivity index (χ0v) is 8.76. The molecule has 1 rings (SSSR count). The molecule has 0 aromatic rings. The molecule has 0 bridgehead atoms. The summed E-state index contributed by atoms with van der Waals surface area (Å²) < 4.78 is 0. The fourth-order valence-electron chi connectivity index (χ4n) is 1.72. The van der Waals surface area contributed by atoms with E-state index >= 15 is 0 Å². The van der Waals surface area contributed by atoms with E-state index in [-0.39, 0.29) is 0 Å². The Balaban J connectivity index is 2.22. The summed E-state index contributed by atoms with van der Waals surface area (Å²) >= 11 is 0. The quantitative estimate of drug-likeness (QED) is 0.602. The van der Waals surface area contributed by atoms with E-state index in [1.165, 1.54) is 38.8 Å². The van der Waals surface area contributed by atoms with Crippen molar-refractivity contribution in [2.24, 2.45) is 0 Å². The summed E-state index contributed by atoms with van der Waals surface area (Å²) in [6.45, 7) is 9.55. The van der Waals surface area contributed by atoms with Gasteiger partial charge in [-0.05, 0) is 32.9 Å². The van der Waals surface area contributed by atoms with Gasteiger partial charge in [0.15, 0.2) is 0 Å². The minimum absolute atomic E-state index is 1.10. The average molecular weight is 179 g/mol. The van der Waals surface area contributed by atoms with Gasteiger partial charge in [0.1, 0.15) is 0 Å². The molecule has 0 unspecified atom stereocenters. The molecule has 1 aliphatic rings. The van der Waals surface area contributed by atoms with Gasteiger partial charge in [-0.2, -0.15) is 0 Å². The van der Waals surface area contributed by atoms with Gasteiger partial charge in [-0.25, -0.2) is 0 Å². The predicted octanol–water partition coefficient (Wildman–Crippen LogP) is 2.99. The van der Waals surface area contributed by atoms with E-state index in [2.05, 4.69) is 23.6 Å². The standard InChI is InChI=1S/C12H21N/c1-12(2)8-7-11-13-9-5-3-4-6-10-13/h7-8H,1,3-6,9-11H2,2H3/b8-7+. The maximum atomic E-state index is 3.85. The van der Waals surface area contributed by atoms with E-state index in [0.717, 1.165) is 12.1 Å². The highest BCUT2D eigenvalue weighted by atomic mass is 15.1. The molecule has 13 heavy (non-hydrogen) atoms. The van der Waals surface area contributed by atoms with Crippen LogP contribution in [0.4, 0.5) is 0 Å². The Morgan fingerprint density at radius 3 is 2.38 bits per heavy atom. The van der Waals surface area contributed by atoms with Crippen molar-refractivity contribution in [3.05, 3.63) is 24.3 Å². The molecular formula is C12H21N. The molecule has 1 nitrogen and oxygen atoms in total. The number of rotatable bonds is 3. The van der Waals surface area contributed by atoms with Crippen LogP contribution >= 0.6 is 0 Å². The van der Waals surface area contributed by atoms with E-state index in [1.807, 2.05) is 6.92 Å². The molecule has 0 atom stereocenters. The number of hydrogen-bond acceptors (Lipinski definition) is 1. The number of allylic oxidation sites excluding steroid dienone is 2. The third-order valence-electron chi connectivity index (χ3n) is 2.46. The normalized spacial score (nSPS) is 20.4. The van der Waals surface area contributed by atoms with Crippen LogP contribution in [0.1, 0.15) is 32.6 Å². The average Bonchev–Trinajstić information content (AvgIpc) is 2.32. The Kier molecular flexibility index (Phi) is 4.84. The van der Waals surface area contributed by atoms with Gasteiger partial charge in [-0.3, -0.25) is 4.90 Å². The van der Waals surface area contributed by atoms with Crippen LogP contribution < -0.4 is 0 Å². The zero-order chi connectivity index (χ0) is 9.52. The van der Waals surface area contributed by atoms with E-state index in [4.69, 9.17) is 0 Å². The third-order valence-corrected chi connectivity index (χ3v) is 2.46. The van der Waals surface area contributed by atoms with Crippen molar-refractivity contribution in [1.82, 2.24) is 4.90 Å². The van der Waals surface area contributed by atoms with Gasteiger partial charge in [-0.1, -0.05) is 37.1 Å². The largest absolute Gasteiger partial charge is 0.300 e. The van der Waals surface area contributed by atoms with Crippen molar-refractivity contribution in [3.8, 4) is 0 Å². The lowest BCUT2D eigenvalue weighted by Crippen LogP contribution is -2.24. The van der Waals surface area contributed by atoms with Crippen molar-refractivity contribution in [3.63, 3.8) is 0 Å². The monoisotopic (exact) mass is 179 g/mol. The summed E-state index contributed by atoms with van der Waals surface area (Å²) in [5.41, 5.74) is 1.15. The molecule has 1 saturated heterocycles. The first-order chi connectivity index (χ1) is 6.29. The molecule has 1 heteroatoms. The van der Waals surface area contributed by atoms with Crippen LogP contribution in [0.15, 0.2) is 24.3 Å². The maximum absolute atomic E-state index is 3.85. The topological polar surface area (TPSA) is 3.24 Å². The molecule has 1 heterocycles. The van der Waals surface area contributed by atoms with Crippen molar-refractivity contribution < 1.29 is 0 Å². The fraction of sp³-hybridized carbons (Fsp3) is 0.667. The highest BCUT2D eigenvalue weighted by Gasteiger charge is 2.05. The van der Waals surface area contributed by atoms with E-state index in [0.29, 0.717) is 0 Å². The zero-order valence-electron chi connectivity index (χ0n) is 8.76. The summed E-state index contributed by atoms with van der Waals surface area (Å²) in [5, 5.41) is 0. The molecule has 0 saturated carbocycles. The van der Waals surface area contributed by atoms with Crippen LogP contribution in [0.25, 0.3) is 0 Å². The van der Waals surface area contributed by atoms with Crippen molar-refractivity contribution in [2.75, 3.05) is 19.6 Å². The molecule has 0 radical (unpaired) electrons. The van der Waals surface area contributed by atoms with Gasteiger partial charge < -0.3 is 0 Å². The van der Waals surface area contributed by atoms with Crippen LogP contribution in [0.3, 0.4) is 0 Å². The van der Waals surface area contributed by atoms with Gasteiger partial charge in [0.05, 0.1) is 0 Å². The fourth-order valence-corrected chi connectivity index (χ4v) is 1.72. The third kappa shape index (κ3) is 4.89. The summed E-state index contributed by atoms with van der Waals surface area (Å²) in [5.74, 6) is 0. The lowest BCUT2D eigenvalue weighted by Gasteiger charge is -2.16. The SMILES string of the molecule is C=C(C)/C=C/CN1CCCCCC1. The second kappa shape index (κ2) is 5.98. The number of nitrogens with zero attached hydrogens (tertiary/aromatic N) is 1. The molecule has 0 amide bonds. The Labute approximate surface area is 82.1 Å². The van der Waals surface area contributed by atoms with Crippen molar-refractivity contribution >= 4 is 0 Å². The smallest absolute Gasteiger partial charge is 0.0166 e. The van der Waals surface area contributed by atoms with Crippen LogP contribution in [0.5, 0.6) is 0 Å². The molecular weight excluding hydrogens is 158 g/mol. The first-order valence-electron chi connectivity index (χ1n) is 5.33. The van der Waals surface area contributed by atoms with E-state index in [9.17, 15) is 0 Å². The molecule has 0 spiro atoms. The highest BCUT2D eigenvalue weighted by Crippen LogP contribution is 2.09. The summed E-state index contributed by atoms with van der Waals surface area (Å²) in [6.07, 6.45) is 9.93. The van der Waals surface area contributed by atoms with E-state index < -0.39 is 0 Å². The predicted molar refractivity (Wildman–Crippen MR) is 58.9 cm³/mol. The molecule has 0 aromatic carbocycles. The molecule has 1 fully saturated rings. The number of hydrogen-bond donors (Lipinski definition) is 0. The van der Waals surface area contributed by atoms with Crippen LogP contribution in [0.2, 0.25) is 0 Å². The number of likely N-dealkylation sites (tertiary alicyclic amines) is 1. The molecule has 1 aliphatic heterocycles. The van der Waals surface area contributed by atoms with Crippen molar-refractivity contribution in [1.29, 1.82) is 0 Å². The second-order valence-corrected chi connectivity index (χ2v) is 3.96. The van der Waals surface area contributed by atoms with Gasteiger partial charge in [-0.15, -0.1) is 0 Å². The summed E-state index contributed by atoms with van der Waals surface area (Å²) in [7, 11) is 0. The summed E-state index contributed by atoms with van der Waals surface area (Å²) in [6, 6.07) is 0. The molecule has 0 N–H and O–H groups in total. The van der Waals surface area contributed by atoms with Crippen LogP contribution in [-0.2, 0) is 0 Å². The van der Waals surface area contributed by atoms with Gasteiger partial charge in [0.2, 0.25) is 0 Å². The van der Waals surface area contributed by atoms with E-state index in [1.54, 1.807) is 0 Å². The van der Waals surface area contributed by atoms with Crippen LogP contribution in [0, 0.1) is 0 Å². The Morgan fingerprint density at radius 1 is 1.23 bits per heavy atom. The Bertz CT molecular complexity index is 174. The molecule has 74 valence electrons. The van der Waals surface area contributed by atoms with Gasteiger partial charge in [0, 0.05) is 6.54 Å². The highest BCUT2D eigenvalue weighted by molar-refractivity contribution is 5.11. The maximum Gasteiger partial charge on any atom is 0.0166 e. The summed E-state index contributed by atoms with van der Waals surface area (Å²) in [4.78, 5) is 2.53. The van der Waals surface area contributed by atoms with Gasteiger partial charge in [0.25, 0.3) is 0 Å².